The van der Waals surface area contributed by atoms with E-state index in [1.165, 1.54) is 16.7 Å². The van der Waals surface area contributed by atoms with E-state index >= 15 is 0 Å². The number of hydrogen-bond acceptors (Lipinski definition) is 4. The number of rotatable bonds is 4. The van der Waals surface area contributed by atoms with Crippen LogP contribution in [0.15, 0.2) is 48.5 Å². The summed E-state index contributed by atoms with van der Waals surface area (Å²) in [5.41, 5.74) is 3.60. The minimum Gasteiger partial charge on any atom is -0.508 e. The van der Waals surface area contributed by atoms with Gasteiger partial charge < -0.3 is 14.7 Å². The third-order valence-electron chi connectivity index (χ3n) is 9.64. The zero-order valence-electron chi connectivity index (χ0n) is 20.4. The van der Waals surface area contributed by atoms with Crippen LogP contribution in [0.5, 0.6) is 5.75 Å². The molecule has 2 aliphatic carbocycles. The van der Waals surface area contributed by atoms with Gasteiger partial charge in [-0.2, -0.15) is 0 Å². The van der Waals surface area contributed by atoms with Gasteiger partial charge in [-0.05, 0) is 71.9 Å². The number of nitrogens with zero attached hydrogens (tertiary/aromatic N) is 2. The first-order chi connectivity index (χ1) is 16.4. The van der Waals surface area contributed by atoms with Crippen molar-refractivity contribution in [3.05, 3.63) is 65.2 Å². The number of carbonyl (C=O) groups is 1. The topological polar surface area (TPSA) is 53.0 Å². The Kier molecular flexibility index (Phi) is 5.27. The lowest BCUT2D eigenvalue weighted by atomic mass is 9.59. The molecule has 2 aliphatic heterocycles. The summed E-state index contributed by atoms with van der Waals surface area (Å²) in [4.78, 5) is 18.6. The molecule has 5 atom stereocenters. The van der Waals surface area contributed by atoms with E-state index in [-0.39, 0.29) is 10.8 Å². The second-order valence-electron chi connectivity index (χ2n) is 11.2. The smallest absolute Gasteiger partial charge is 0.233 e. The fourth-order valence-electron chi connectivity index (χ4n) is 7.28. The highest BCUT2D eigenvalue weighted by Crippen LogP contribution is 2.57. The van der Waals surface area contributed by atoms with E-state index in [1.54, 1.807) is 0 Å². The third-order valence-corrected chi connectivity index (χ3v) is 9.64. The lowest BCUT2D eigenvalue weighted by molar-refractivity contribution is -0.138. The molecule has 1 saturated carbocycles. The van der Waals surface area contributed by atoms with Crippen molar-refractivity contribution in [3.8, 4) is 5.75 Å². The molecule has 6 rings (SSSR count). The SMILES string of the molecule is C[C@H]1[C@H]2Cc3ccc(O)cc3[C@]1(C)CCN2C[C@@H]1C[C@@]1(C(=O)N1CCOCC1)c1ccccc1. The molecule has 0 spiro atoms. The van der Waals surface area contributed by atoms with Crippen LogP contribution in [0.25, 0.3) is 0 Å². The van der Waals surface area contributed by atoms with Crippen molar-refractivity contribution in [1.82, 2.24) is 9.80 Å². The molecule has 180 valence electrons. The predicted molar refractivity (Wildman–Crippen MR) is 132 cm³/mol. The maximum absolute atomic E-state index is 13.9. The molecule has 5 nitrogen and oxygen atoms in total. The first-order valence-corrected chi connectivity index (χ1v) is 12.9. The van der Waals surface area contributed by atoms with Crippen molar-refractivity contribution in [2.75, 3.05) is 39.4 Å². The average Bonchev–Trinajstić information content (AvgIpc) is 3.59. The zero-order valence-corrected chi connectivity index (χ0v) is 20.4. The number of piperidine rings is 1. The van der Waals surface area contributed by atoms with Gasteiger partial charge in [0.15, 0.2) is 0 Å². The number of ether oxygens (including phenoxy) is 1. The van der Waals surface area contributed by atoms with Crippen molar-refractivity contribution < 1.29 is 14.6 Å². The van der Waals surface area contributed by atoms with Gasteiger partial charge in [-0.15, -0.1) is 0 Å². The Morgan fingerprint density at radius 1 is 1.12 bits per heavy atom. The van der Waals surface area contributed by atoms with Crippen molar-refractivity contribution in [1.29, 1.82) is 0 Å². The molecule has 2 saturated heterocycles. The Morgan fingerprint density at radius 2 is 1.88 bits per heavy atom. The summed E-state index contributed by atoms with van der Waals surface area (Å²) in [5.74, 6) is 1.53. The number of hydrogen-bond donors (Lipinski definition) is 1. The molecule has 2 bridgehead atoms. The predicted octanol–water partition coefficient (Wildman–Crippen LogP) is 3.73. The highest BCUT2D eigenvalue weighted by Gasteiger charge is 2.63. The van der Waals surface area contributed by atoms with E-state index in [4.69, 9.17) is 4.74 Å². The fraction of sp³-hybridized carbons (Fsp3) is 0.552. The number of likely N-dealkylation sites (tertiary alicyclic amines) is 1. The molecule has 0 unspecified atom stereocenters. The molecule has 1 amide bonds. The number of carbonyl (C=O) groups excluding carboxylic acids is 1. The summed E-state index contributed by atoms with van der Waals surface area (Å²) in [6, 6.07) is 16.9. The summed E-state index contributed by atoms with van der Waals surface area (Å²) in [6.07, 6.45) is 3.05. The summed E-state index contributed by atoms with van der Waals surface area (Å²) >= 11 is 0. The molecule has 4 aliphatic rings. The second-order valence-corrected chi connectivity index (χ2v) is 11.2. The van der Waals surface area contributed by atoms with E-state index < -0.39 is 0 Å². The Morgan fingerprint density at radius 3 is 2.65 bits per heavy atom. The van der Waals surface area contributed by atoms with Crippen molar-refractivity contribution in [3.63, 3.8) is 0 Å². The van der Waals surface area contributed by atoms with E-state index in [0.29, 0.717) is 55.8 Å². The van der Waals surface area contributed by atoms with Crippen LogP contribution in [0, 0.1) is 11.8 Å². The molecule has 5 heteroatoms. The number of phenols is 1. The van der Waals surface area contributed by atoms with Gasteiger partial charge >= 0.3 is 0 Å². The third kappa shape index (κ3) is 3.31. The molecule has 2 aromatic carbocycles. The van der Waals surface area contributed by atoms with E-state index in [9.17, 15) is 9.90 Å². The number of fused-ring (bicyclic) bond motifs is 4. The van der Waals surface area contributed by atoms with Crippen LogP contribution in [0.2, 0.25) is 0 Å². The highest BCUT2D eigenvalue weighted by molar-refractivity contribution is 5.92. The molecule has 3 fully saturated rings. The second kappa shape index (κ2) is 8.10. The Balaban J connectivity index is 1.27. The van der Waals surface area contributed by atoms with Crippen molar-refractivity contribution >= 4 is 5.91 Å². The van der Waals surface area contributed by atoms with Crippen molar-refractivity contribution in [2.24, 2.45) is 11.8 Å². The van der Waals surface area contributed by atoms with Gasteiger partial charge in [-0.3, -0.25) is 9.69 Å². The Bertz CT molecular complexity index is 1080. The normalized spacial score (nSPS) is 35.0. The van der Waals surface area contributed by atoms with E-state index in [2.05, 4.69) is 49.1 Å². The lowest BCUT2D eigenvalue weighted by Crippen LogP contribution is -2.58. The van der Waals surface area contributed by atoms with Gasteiger partial charge in [0.1, 0.15) is 5.75 Å². The lowest BCUT2D eigenvalue weighted by Gasteiger charge is -2.55. The van der Waals surface area contributed by atoms with Gasteiger partial charge in [0, 0.05) is 25.7 Å². The largest absolute Gasteiger partial charge is 0.508 e. The Hall–Kier alpha value is -2.37. The highest BCUT2D eigenvalue weighted by atomic mass is 16.5. The molecule has 0 radical (unpaired) electrons. The van der Waals surface area contributed by atoms with Crippen LogP contribution >= 0.6 is 0 Å². The first-order valence-electron chi connectivity index (χ1n) is 12.9. The molecule has 34 heavy (non-hydrogen) atoms. The minimum atomic E-state index is -0.388. The fourth-order valence-corrected chi connectivity index (χ4v) is 7.28. The zero-order chi connectivity index (χ0) is 23.5. The van der Waals surface area contributed by atoms with Crippen LogP contribution in [0.4, 0.5) is 0 Å². The summed E-state index contributed by atoms with van der Waals surface area (Å²) < 4.78 is 5.52. The van der Waals surface area contributed by atoms with Crippen LogP contribution in [-0.2, 0) is 26.8 Å². The number of aromatic hydroxyl groups is 1. The molecule has 0 aromatic heterocycles. The number of phenolic OH excluding ortho intramolecular Hbond substituents is 1. The van der Waals surface area contributed by atoms with E-state index in [0.717, 1.165) is 32.4 Å². The first kappa shape index (κ1) is 22.1. The summed E-state index contributed by atoms with van der Waals surface area (Å²) in [6.45, 7) is 9.47. The van der Waals surface area contributed by atoms with E-state index in [1.807, 2.05) is 23.1 Å². The molecular formula is C29H36N2O3. The molecule has 1 N–H and O–H groups in total. The van der Waals surface area contributed by atoms with Gasteiger partial charge in [-0.25, -0.2) is 0 Å². The van der Waals surface area contributed by atoms with Crippen LogP contribution in [0.3, 0.4) is 0 Å². The molecular weight excluding hydrogens is 424 g/mol. The average molecular weight is 461 g/mol. The monoisotopic (exact) mass is 460 g/mol. The Labute approximate surface area is 202 Å². The summed E-state index contributed by atoms with van der Waals surface area (Å²) in [5, 5.41) is 10.1. The van der Waals surface area contributed by atoms with Crippen molar-refractivity contribution in [2.45, 2.75) is 50.0 Å². The standard InChI is InChI=1S/C29H36N2O3/c1-20-26-16-21-8-9-24(32)17-25(21)28(20,2)10-11-31(26)19-23-18-29(23,22-6-4-3-5-7-22)27(33)30-12-14-34-15-13-30/h3-9,17,20,23,26,32H,10-16,18-19H2,1-2H3/t20-,23-,26+,28+,29+/m0/s1. The molecule has 2 heterocycles. The molecule has 2 aromatic rings. The number of amides is 1. The maximum Gasteiger partial charge on any atom is 0.233 e. The number of benzene rings is 2. The quantitative estimate of drug-likeness (QED) is 0.756. The summed E-state index contributed by atoms with van der Waals surface area (Å²) in [7, 11) is 0. The minimum absolute atomic E-state index is 0.0944. The van der Waals surface area contributed by atoms with Gasteiger partial charge in [0.25, 0.3) is 0 Å². The van der Waals surface area contributed by atoms with Gasteiger partial charge in [-0.1, -0.05) is 50.2 Å². The van der Waals surface area contributed by atoms with Crippen LogP contribution < -0.4 is 0 Å². The van der Waals surface area contributed by atoms with Gasteiger partial charge in [0.2, 0.25) is 5.91 Å². The van der Waals surface area contributed by atoms with Gasteiger partial charge in [0.05, 0.1) is 18.6 Å². The number of morpholine rings is 1. The van der Waals surface area contributed by atoms with Crippen LogP contribution in [-0.4, -0.2) is 66.2 Å². The maximum atomic E-state index is 13.9. The van der Waals surface area contributed by atoms with Crippen LogP contribution in [0.1, 0.15) is 43.4 Å².